The second-order valence-corrected chi connectivity index (χ2v) is 6.37. The molecule has 124 valence electrons. The molecule has 0 aliphatic rings. The topological polar surface area (TPSA) is 83.0 Å². The number of anilines is 1. The first kappa shape index (κ1) is 15.6. The van der Waals surface area contributed by atoms with Gasteiger partial charge in [0.05, 0.1) is 23.8 Å². The van der Waals surface area contributed by atoms with Crippen LogP contribution >= 0.6 is 15.9 Å². The van der Waals surface area contributed by atoms with E-state index < -0.39 is 5.97 Å². The number of hydrogen-bond donors (Lipinski definition) is 1. The zero-order chi connectivity index (χ0) is 17.6. The van der Waals surface area contributed by atoms with Crippen molar-refractivity contribution in [3.8, 4) is 5.69 Å². The number of benzene rings is 2. The van der Waals surface area contributed by atoms with Gasteiger partial charge in [-0.05, 0) is 30.3 Å². The Hall–Kier alpha value is -2.93. The molecule has 2 heterocycles. The summed E-state index contributed by atoms with van der Waals surface area (Å²) in [4.78, 5) is 21.6. The number of nitrogen functional groups attached to an aromatic ring is 1. The molecule has 25 heavy (non-hydrogen) atoms. The van der Waals surface area contributed by atoms with E-state index in [1.165, 1.54) is 7.11 Å². The van der Waals surface area contributed by atoms with Crippen molar-refractivity contribution in [2.24, 2.45) is 0 Å². The number of nitrogens with zero attached hydrogens (tertiary/aromatic N) is 3. The van der Waals surface area contributed by atoms with E-state index in [-0.39, 0.29) is 11.4 Å². The Morgan fingerprint density at radius 1 is 1.12 bits per heavy atom. The van der Waals surface area contributed by atoms with E-state index in [0.29, 0.717) is 16.7 Å². The maximum absolute atomic E-state index is 12.3. The average Bonchev–Trinajstić information content (AvgIpc) is 2.90. The van der Waals surface area contributed by atoms with Gasteiger partial charge in [0.1, 0.15) is 16.9 Å². The first-order chi connectivity index (χ1) is 12.1. The van der Waals surface area contributed by atoms with Gasteiger partial charge in [0.25, 0.3) is 0 Å². The Bertz CT molecular complexity index is 1140. The van der Waals surface area contributed by atoms with Crippen molar-refractivity contribution in [3.05, 3.63) is 58.6 Å². The van der Waals surface area contributed by atoms with Crippen LogP contribution in [0.3, 0.4) is 0 Å². The third-order valence-electron chi connectivity index (χ3n) is 3.95. The number of carbonyl (C=O) groups excluding carboxylic acids is 1. The molecular weight excluding hydrogens is 384 g/mol. The van der Waals surface area contributed by atoms with Crippen molar-refractivity contribution in [1.82, 2.24) is 14.5 Å². The lowest BCUT2D eigenvalue weighted by molar-refractivity contribution is 0.0604. The lowest BCUT2D eigenvalue weighted by atomic mass is 10.2. The van der Waals surface area contributed by atoms with Crippen LogP contribution < -0.4 is 5.73 Å². The monoisotopic (exact) mass is 396 g/mol. The number of para-hydroxylation sites is 2. The van der Waals surface area contributed by atoms with Gasteiger partial charge in [-0.3, -0.25) is 4.57 Å². The predicted octanol–water partition coefficient (Wildman–Crippen LogP) is 3.71. The molecule has 0 saturated heterocycles. The Morgan fingerprint density at radius 3 is 2.52 bits per heavy atom. The molecule has 4 aromatic rings. The van der Waals surface area contributed by atoms with Gasteiger partial charge in [0.2, 0.25) is 0 Å². The largest absolute Gasteiger partial charge is 0.465 e. The van der Waals surface area contributed by atoms with Crippen LogP contribution in [0.25, 0.3) is 27.9 Å². The maximum Gasteiger partial charge on any atom is 0.343 e. The van der Waals surface area contributed by atoms with E-state index in [1.807, 2.05) is 48.5 Å². The fourth-order valence-electron chi connectivity index (χ4n) is 2.84. The highest BCUT2D eigenvalue weighted by molar-refractivity contribution is 9.10. The molecule has 0 bridgehead atoms. The van der Waals surface area contributed by atoms with Gasteiger partial charge in [0.15, 0.2) is 5.65 Å². The number of nitrogens with two attached hydrogens (primary N) is 1. The third kappa shape index (κ3) is 2.44. The number of fused-ring (bicyclic) bond motifs is 2. The Labute approximate surface area is 151 Å². The van der Waals surface area contributed by atoms with Crippen molar-refractivity contribution >= 4 is 49.9 Å². The molecule has 0 radical (unpaired) electrons. The maximum atomic E-state index is 12.3. The minimum atomic E-state index is -0.541. The van der Waals surface area contributed by atoms with E-state index in [4.69, 9.17) is 10.5 Å². The number of carbonyl (C=O) groups is 1. The highest BCUT2D eigenvalue weighted by Crippen LogP contribution is 2.32. The molecule has 6 nitrogen and oxygen atoms in total. The fraction of sp³-hybridized carbons (Fsp3) is 0.0556. The van der Waals surface area contributed by atoms with E-state index in [1.54, 1.807) is 4.57 Å². The number of methoxy groups -OCH3 is 1. The Morgan fingerprint density at radius 2 is 1.84 bits per heavy atom. The van der Waals surface area contributed by atoms with Gasteiger partial charge < -0.3 is 10.5 Å². The van der Waals surface area contributed by atoms with Gasteiger partial charge in [-0.25, -0.2) is 14.8 Å². The number of esters is 1. The number of rotatable bonds is 2. The highest BCUT2D eigenvalue weighted by atomic mass is 79.9. The van der Waals surface area contributed by atoms with Crippen LogP contribution in [0.2, 0.25) is 0 Å². The summed E-state index contributed by atoms with van der Waals surface area (Å²) >= 11 is 3.46. The first-order valence-corrected chi connectivity index (χ1v) is 8.30. The molecular formula is C18H13BrN4O2. The van der Waals surface area contributed by atoms with Gasteiger partial charge in [-0.2, -0.15) is 0 Å². The van der Waals surface area contributed by atoms with E-state index in [2.05, 4.69) is 25.9 Å². The van der Waals surface area contributed by atoms with Crippen LogP contribution in [0.5, 0.6) is 0 Å². The Balaban J connectivity index is 2.16. The smallest absolute Gasteiger partial charge is 0.343 e. The summed E-state index contributed by atoms with van der Waals surface area (Å²) in [5, 5.41) is 0. The number of halogens is 1. The number of aromatic nitrogens is 3. The molecule has 0 unspecified atom stereocenters. The molecule has 0 spiro atoms. The van der Waals surface area contributed by atoms with Crippen LogP contribution in [0, 0.1) is 0 Å². The lowest BCUT2D eigenvalue weighted by Crippen LogP contribution is -2.07. The van der Waals surface area contributed by atoms with Crippen molar-refractivity contribution in [2.45, 2.75) is 0 Å². The molecule has 0 fully saturated rings. The van der Waals surface area contributed by atoms with Crippen LogP contribution in [-0.4, -0.2) is 27.6 Å². The van der Waals surface area contributed by atoms with Crippen molar-refractivity contribution in [1.29, 1.82) is 0 Å². The third-order valence-corrected chi connectivity index (χ3v) is 4.45. The number of ether oxygens (including phenoxy) is 1. The van der Waals surface area contributed by atoms with Gasteiger partial charge in [-0.15, -0.1) is 0 Å². The van der Waals surface area contributed by atoms with E-state index >= 15 is 0 Å². The van der Waals surface area contributed by atoms with E-state index in [9.17, 15) is 4.79 Å². The molecule has 0 atom stereocenters. The average molecular weight is 397 g/mol. The van der Waals surface area contributed by atoms with Gasteiger partial charge in [-0.1, -0.05) is 34.1 Å². The zero-order valence-electron chi connectivity index (χ0n) is 13.2. The van der Waals surface area contributed by atoms with Crippen LogP contribution in [0.1, 0.15) is 10.4 Å². The summed E-state index contributed by atoms with van der Waals surface area (Å²) < 4.78 is 7.50. The second-order valence-electron chi connectivity index (χ2n) is 5.45. The van der Waals surface area contributed by atoms with Crippen LogP contribution in [-0.2, 0) is 4.74 Å². The van der Waals surface area contributed by atoms with Crippen molar-refractivity contribution in [3.63, 3.8) is 0 Å². The summed E-state index contributed by atoms with van der Waals surface area (Å²) in [6.45, 7) is 0. The normalized spacial score (nSPS) is 11.1. The molecule has 7 heteroatoms. The zero-order valence-corrected chi connectivity index (χ0v) is 14.8. The van der Waals surface area contributed by atoms with E-state index in [0.717, 1.165) is 15.7 Å². The summed E-state index contributed by atoms with van der Waals surface area (Å²) in [5.74, 6) is -0.295. The molecule has 0 amide bonds. The minimum Gasteiger partial charge on any atom is -0.465 e. The first-order valence-electron chi connectivity index (χ1n) is 7.51. The lowest BCUT2D eigenvalue weighted by Gasteiger charge is -2.08. The van der Waals surface area contributed by atoms with Crippen molar-refractivity contribution in [2.75, 3.05) is 12.8 Å². The second kappa shape index (κ2) is 5.86. The van der Waals surface area contributed by atoms with Crippen LogP contribution in [0.15, 0.2) is 53.0 Å². The molecule has 4 rings (SSSR count). The SMILES string of the molecule is COC(=O)c1c(N)n(-c2cccc(Br)c2)c2nc3ccccc3nc12. The quantitative estimate of drug-likeness (QED) is 0.522. The van der Waals surface area contributed by atoms with Gasteiger partial charge >= 0.3 is 5.97 Å². The molecule has 0 aliphatic carbocycles. The molecule has 0 saturated carbocycles. The van der Waals surface area contributed by atoms with Crippen LogP contribution in [0.4, 0.5) is 5.82 Å². The Kier molecular flexibility index (Phi) is 3.65. The molecule has 2 aromatic heterocycles. The highest BCUT2D eigenvalue weighted by Gasteiger charge is 2.25. The summed E-state index contributed by atoms with van der Waals surface area (Å²) in [6, 6.07) is 15.1. The molecule has 0 aliphatic heterocycles. The standard InChI is InChI=1S/C18H13BrN4O2/c1-25-18(24)14-15-17(22-13-8-3-2-7-12(13)21-15)23(16(14)20)11-6-4-5-10(19)9-11/h2-9H,20H2,1H3. The van der Waals surface area contributed by atoms with Gasteiger partial charge in [0, 0.05) is 4.47 Å². The summed E-state index contributed by atoms with van der Waals surface area (Å²) in [6.07, 6.45) is 0. The predicted molar refractivity (Wildman–Crippen MR) is 99.8 cm³/mol. The van der Waals surface area contributed by atoms with Crippen molar-refractivity contribution < 1.29 is 9.53 Å². The summed E-state index contributed by atoms with van der Waals surface area (Å²) in [7, 11) is 1.32. The minimum absolute atomic E-state index is 0.218. The molecule has 2 aromatic carbocycles. The fourth-order valence-corrected chi connectivity index (χ4v) is 3.23. The number of hydrogen-bond acceptors (Lipinski definition) is 5. The summed E-state index contributed by atoms with van der Waals surface area (Å²) in [5.41, 5.74) is 9.63. The molecule has 2 N–H and O–H groups in total.